The number of rotatable bonds is 9. The van der Waals surface area contributed by atoms with Gasteiger partial charge in [0.05, 0.1) is 0 Å². The summed E-state index contributed by atoms with van der Waals surface area (Å²) in [6.07, 6.45) is 7.79. The van der Waals surface area contributed by atoms with Crippen molar-refractivity contribution in [3.8, 4) is 0 Å². The standard InChI is InChI=1S/C14H24N2O2/c1-3-5-7-9-12-11-13(14(17)18)15-16(12)10-8-6-4-2/h11H,3-10H2,1-2H3,(H,17,18). The first-order chi connectivity index (χ1) is 8.69. The highest BCUT2D eigenvalue weighted by Gasteiger charge is 2.12. The van der Waals surface area contributed by atoms with E-state index in [4.69, 9.17) is 5.11 Å². The van der Waals surface area contributed by atoms with Gasteiger partial charge in [-0.05, 0) is 25.3 Å². The van der Waals surface area contributed by atoms with Gasteiger partial charge < -0.3 is 5.11 Å². The molecule has 1 rings (SSSR count). The van der Waals surface area contributed by atoms with Gasteiger partial charge in [-0.15, -0.1) is 0 Å². The van der Waals surface area contributed by atoms with Gasteiger partial charge in [0, 0.05) is 12.2 Å². The number of aryl methyl sites for hydroxylation is 2. The highest BCUT2D eigenvalue weighted by atomic mass is 16.4. The number of nitrogens with zero attached hydrogens (tertiary/aromatic N) is 2. The van der Waals surface area contributed by atoms with Crippen LogP contribution in [-0.2, 0) is 13.0 Å². The molecular formula is C14H24N2O2. The molecule has 102 valence electrons. The summed E-state index contributed by atoms with van der Waals surface area (Å²) >= 11 is 0. The Hall–Kier alpha value is -1.32. The Balaban J connectivity index is 2.67. The smallest absolute Gasteiger partial charge is 0.356 e. The molecule has 0 amide bonds. The Kier molecular flexibility index (Phi) is 6.47. The summed E-state index contributed by atoms with van der Waals surface area (Å²) in [6.45, 7) is 5.16. The van der Waals surface area contributed by atoms with Crippen LogP contribution in [0.15, 0.2) is 6.07 Å². The monoisotopic (exact) mass is 252 g/mol. The molecule has 0 atom stereocenters. The number of hydrogen-bond acceptors (Lipinski definition) is 2. The van der Waals surface area contributed by atoms with Crippen LogP contribution in [0.4, 0.5) is 0 Å². The van der Waals surface area contributed by atoms with E-state index in [-0.39, 0.29) is 5.69 Å². The molecule has 0 spiro atoms. The summed E-state index contributed by atoms with van der Waals surface area (Å²) in [6, 6.07) is 1.73. The van der Waals surface area contributed by atoms with Crippen LogP contribution in [0.1, 0.15) is 68.6 Å². The number of unbranched alkanes of at least 4 members (excludes halogenated alkanes) is 4. The Morgan fingerprint density at radius 2 is 1.89 bits per heavy atom. The Morgan fingerprint density at radius 3 is 2.50 bits per heavy atom. The van der Waals surface area contributed by atoms with Gasteiger partial charge in [-0.2, -0.15) is 5.10 Å². The Bertz CT molecular complexity index is 344. The molecule has 0 aliphatic rings. The van der Waals surface area contributed by atoms with Gasteiger partial charge in [-0.3, -0.25) is 4.68 Å². The van der Waals surface area contributed by atoms with Crippen LogP contribution < -0.4 is 0 Å². The van der Waals surface area contributed by atoms with Gasteiger partial charge in [0.25, 0.3) is 0 Å². The highest BCUT2D eigenvalue weighted by molar-refractivity contribution is 5.85. The summed E-state index contributed by atoms with van der Waals surface area (Å²) in [7, 11) is 0. The molecule has 1 N–H and O–H groups in total. The minimum absolute atomic E-state index is 0.179. The van der Waals surface area contributed by atoms with Gasteiger partial charge in [-0.25, -0.2) is 4.79 Å². The van der Waals surface area contributed by atoms with E-state index in [0.717, 1.165) is 44.3 Å². The lowest BCUT2D eigenvalue weighted by Crippen LogP contribution is -2.06. The molecule has 1 aromatic rings. The third-order valence-electron chi connectivity index (χ3n) is 3.09. The maximum atomic E-state index is 11.0. The van der Waals surface area contributed by atoms with Crippen molar-refractivity contribution in [2.24, 2.45) is 0 Å². The van der Waals surface area contributed by atoms with Gasteiger partial charge in [0.2, 0.25) is 0 Å². The molecule has 1 aromatic heterocycles. The zero-order valence-corrected chi connectivity index (χ0v) is 11.5. The van der Waals surface area contributed by atoms with Crippen LogP contribution in [0, 0.1) is 0 Å². The lowest BCUT2D eigenvalue weighted by atomic mass is 10.1. The summed E-state index contributed by atoms with van der Waals surface area (Å²) in [4.78, 5) is 11.0. The van der Waals surface area contributed by atoms with Crippen molar-refractivity contribution in [3.63, 3.8) is 0 Å². The van der Waals surface area contributed by atoms with E-state index in [9.17, 15) is 4.79 Å². The molecule has 0 aliphatic carbocycles. The molecule has 4 nitrogen and oxygen atoms in total. The Morgan fingerprint density at radius 1 is 1.22 bits per heavy atom. The maximum absolute atomic E-state index is 11.0. The van der Waals surface area contributed by atoms with Crippen LogP contribution >= 0.6 is 0 Å². The van der Waals surface area contributed by atoms with Crippen molar-refractivity contribution in [1.29, 1.82) is 0 Å². The van der Waals surface area contributed by atoms with E-state index < -0.39 is 5.97 Å². The molecule has 0 unspecified atom stereocenters. The SMILES string of the molecule is CCCCCc1cc(C(=O)O)nn1CCCCC. The van der Waals surface area contributed by atoms with Crippen molar-refractivity contribution >= 4 is 5.97 Å². The van der Waals surface area contributed by atoms with E-state index in [0.29, 0.717) is 0 Å². The second-order valence-corrected chi connectivity index (χ2v) is 4.71. The van der Waals surface area contributed by atoms with Crippen LogP contribution in [0.2, 0.25) is 0 Å². The van der Waals surface area contributed by atoms with Crippen LogP contribution in [0.3, 0.4) is 0 Å². The second-order valence-electron chi connectivity index (χ2n) is 4.71. The molecule has 18 heavy (non-hydrogen) atoms. The number of carboxylic acid groups (broad SMARTS) is 1. The second kappa shape index (κ2) is 7.90. The largest absolute Gasteiger partial charge is 0.476 e. The summed E-state index contributed by atoms with van der Waals surface area (Å²) in [5.41, 5.74) is 1.25. The lowest BCUT2D eigenvalue weighted by molar-refractivity contribution is 0.0689. The predicted octanol–water partition coefficient (Wildman–Crippen LogP) is 3.50. The fraction of sp³-hybridized carbons (Fsp3) is 0.714. The molecule has 0 aliphatic heterocycles. The van der Waals surface area contributed by atoms with Crippen molar-refractivity contribution < 1.29 is 9.90 Å². The van der Waals surface area contributed by atoms with Gasteiger partial charge in [-0.1, -0.05) is 39.5 Å². The van der Waals surface area contributed by atoms with Crippen LogP contribution in [-0.4, -0.2) is 20.9 Å². The summed E-state index contributed by atoms with van der Waals surface area (Å²) < 4.78 is 1.88. The zero-order chi connectivity index (χ0) is 13.4. The first-order valence-corrected chi connectivity index (χ1v) is 6.99. The van der Waals surface area contributed by atoms with Crippen molar-refractivity contribution in [2.45, 2.75) is 65.3 Å². The van der Waals surface area contributed by atoms with Crippen LogP contribution in [0.5, 0.6) is 0 Å². The molecule has 4 heteroatoms. The molecule has 1 heterocycles. The maximum Gasteiger partial charge on any atom is 0.356 e. The minimum Gasteiger partial charge on any atom is -0.476 e. The molecule has 0 aromatic carbocycles. The van der Waals surface area contributed by atoms with Crippen molar-refractivity contribution in [2.75, 3.05) is 0 Å². The lowest BCUT2D eigenvalue weighted by Gasteiger charge is -2.06. The van der Waals surface area contributed by atoms with E-state index >= 15 is 0 Å². The normalized spacial score (nSPS) is 10.8. The quantitative estimate of drug-likeness (QED) is 0.684. The van der Waals surface area contributed by atoms with Gasteiger partial charge in [0.1, 0.15) is 0 Å². The number of hydrogen-bond donors (Lipinski definition) is 1. The number of carbonyl (C=O) groups is 1. The van der Waals surface area contributed by atoms with Crippen molar-refractivity contribution in [3.05, 3.63) is 17.5 Å². The zero-order valence-electron chi connectivity index (χ0n) is 11.5. The van der Waals surface area contributed by atoms with Crippen LogP contribution in [0.25, 0.3) is 0 Å². The van der Waals surface area contributed by atoms with E-state index in [2.05, 4.69) is 18.9 Å². The first-order valence-electron chi connectivity index (χ1n) is 6.99. The third-order valence-corrected chi connectivity index (χ3v) is 3.09. The minimum atomic E-state index is -0.930. The fourth-order valence-electron chi connectivity index (χ4n) is 2.02. The number of aromatic carboxylic acids is 1. The molecule has 0 fully saturated rings. The van der Waals surface area contributed by atoms with Gasteiger partial charge >= 0.3 is 5.97 Å². The highest BCUT2D eigenvalue weighted by Crippen LogP contribution is 2.11. The molecular weight excluding hydrogens is 228 g/mol. The molecule has 0 radical (unpaired) electrons. The van der Waals surface area contributed by atoms with E-state index in [1.165, 1.54) is 12.8 Å². The first kappa shape index (κ1) is 14.7. The number of aromatic nitrogens is 2. The van der Waals surface area contributed by atoms with E-state index in [1.54, 1.807) is 6.07 Å². The predicted molar refractivity (Wildman–Crippen MR) is 71.9 cm³/mol. The number of carboxylic acids is 1. The topological polar surface area (TPSA) is 55.1 Å². The average Bonchev–Trinajstić information content (AvgIpc) is 2.74. The molecule has 0 saturated carbocycles. The summed E-state index contributed by atoms with van der Waals surface area (Å²) in [5.74, 6) is -0.930. The Labute approximate surface area is 109 Å². The molecule has 0 saturated heterocycles. The van der Waals surface area contributed by atoms with E-state index in [1.807, 2.05) is 4.68 Å². The summed E-state index contributed by atoms with van der Waals surface area (Å²) in [5, 5.41) is 13.2. The van der Waals surface area contributed by atoms with Gasteiger partial charge in [0.15, 0.2) is 5.69 Å². The van der Waals surface area contributed by atoms with Crippen molar-refractivity contribution in [1.82, 2.24) is 9.78 Å². The third kappa shape index (κ3) is 4.51. The fourth-order valence-corrected chi connectivity index (χ4v) is 2.02. The average molecular weight is 252 g/mol. The molecule has 0 bridgehead atoms.